The molecule has 4 amide bonds. The summed E-state index contributed by atoms with van der Waals surface area (Å²) in [5.74, 6) is -0.213. The third-order valence-corrected chi connectivity index (χ3v) is 13.9. The van der Waals surface area contributed by atoms with E-state index in [1.165, 1.54) is 24.3 Å². The number of benzene rings is 2. The fraction of sp³-hybridized carbons (Fsp3) is 0.458. The van der Waals surface area contributed by atoms with Gasteiger partial charge in [-0.2, -0.15) is 0 Å². The number of thioether (sulfide) groups is 1. The number of sulfone groups is 1. The highest BCUT2D eigenvalue weighted by Crippen LogP contribution is 2.34. The minimum Gasteiger partial charge on any atom is -0.438 e. The smallest absolute Gasteiger partial charge is 0.257 e. The van der Waals surface area contributed by atoms with Gasteiger partial charge in [0.05, 0.1) is 17.3 Å². The van der Waals surface area contributed by atoms with Gasteiger partial charge in [0.1, 0.15) is 34.3 Å². The molecule has 0 spiro atoms. The third-order valence-electron chi connectivity index (χ3n) is 12.0. The van der Waals surface area contributed by atoms with Gasteiger partial charge in [0.15, 0.2) is 9.84 Å². The van der Waals surface area contributed by atoms with Crippen LogP contribution in [0.4, 0.5) is 8.78 Å². The van der Waals surface area contributed by atoms with Gasteiger partial charge in [-0.05, 0) is 144 Å². The van der Waals surface area contributed by atoms with Crippen LogP contribution in [0.15, 0.2) is 82.8 Å². The van der Waals surface area contributed by atoms with E-state index in [1.54, 1.807) is 17.8 Å². The van der Waals surface area contributed by atoms with Crippen LogP contribution >= 0.6 is 11.8 Å². The van der Waals surface area contributed by atoms with E-state index in [0.717, 1.165) is 99.9 Å². The predicted octanol–water partition coefficient (Wildman–Crippen LogP) is 8.07. The number of nitrogens with zero attached hydrogens (tertiary/aromatic N) is 2. The van der Waals surface area contributed by atoms with Crippen LogP contribution in [0.5, 0.6) is 23.3 Å². The normalized spacial score (nSPS) is 20.4. The molecule has 4 fully saturated rings. The molecule has 4 aliphatic rings. The Labute approximate surface area is 388 Å². The van der Waals surface area contributed by atoms with Crippen LogP contribution in [0, 0.1) is 23.5 Å². The van der Waals surface area contributed by atoms with Gasteiger partial charge < -0.3 is 30.7 Å². The number of carbonyl (C=O) groups excluding carboxylic acids is 4. The van der Waals surface area contributed by atoms with Crippen molar-refractivity contribution in [2.75, 3.05) is 12.5 Å². The molecule has 14 nitrogen and oxygen atoms in total. The van der Waals surface area contributed by atoms with Gasteiger partial charge in [-0.25, -0.2) is 27.2 Å². The number of nitrogens with one attached hydrogen (secondary N) is 4. The molecule has 4 saturated carbocycles. The van der Waals surface area contributed by atoms with Crippen LogP contribution < -0.4 is 30.7 Å². The molecule has 2 aromatic heterocycles. The molecule has 0 unspecified atom stereocenters. The van der Waals surface area contributed by atoms with E-state index in [1.807, 2.05) is 24.5 Å². The maximum Gasteiger partial charge on any atom is 0.257 e. The molecule has 0 atom stereocenters. The quantitative estimate of drug-likeness (QED) is 0.0794. The van der Waals surface area contributed by atoms with Gasteiger partial charge in [-0.3, -0.25) is 19.2 Å². The van der Waals surface area contributed by atoms with Gasteiger partial charge in [0.25, 0.3) is 11.8 Å². The van der Waals surface area contributed by atoms with Gasteiger partial charge >= 0.3 is 0 Å². The van der Waals surface area contributed by atoms with E-state index >= 15 is 0 Å². The standard InChI is InChI=1S/C24H28FN3O5S.C24H28FN3O3S/c1-34(31,32)20-4-2-3-19(13-20)33-24-21(12-16(25)14-26-24)23(30)28-18-9-7-17(8-10-18)27-22(29)11-15-5-6-15;1-32-20-4-2-3-19(13-20)31-24-21(12-16(25)14-26-24)23(30)28-18-9-7-17(8-10-18)27-22(29)11-15-5-6-15/h2-4,12-15,17-18H,5-11H2,1H3,(H,27,29)(H,28,30);2-4,12-15,17-18H,5-11H2,1H3,(H,27,29)(H,28,30). The summed E-state index contributed by atoms with van der Waals surface area (Å²) < 4.78 is 62.8. The minimum absolute atomic E-state index is 0.0324. The molecule has 0 aliphatic heterocycles. The number of carbonyl (C=O) groups is 4. The summed E-state index contributed by atoms with van der Waals surface area (Å²) in [6.45, 7) is 0. The van der Waals surface area contributed by atoms with Gasteiger partial charge in [-0.15, -0.1) is 11.8 Å². The molecule has 2 aromatic carbocycles. The van der Waals surface area contributed by atoms with Crippen molar-refractivity contribution in [1.82, 2.24) is 31.2 Å². The second-order valence-corrected chi connectivity index (χ2v) is 20.5. The van der Waals surface area contributed by atoms with Crippen molar-refractivity contribution in [1.29, 1.82) is 0 Å². The summed E-state index contributed by atoms with van der Waals surface area (Å²) in [5.41, 5.74) is -0.0102. The molecule has 352 valence electrons. The predicted molar refractivity (Wildman–Crippen MR) is 244 cm³/mol. The monoisotopic (exact) mass is 946 g/mol. The highest BCUT2D eigenvalue weighted by Gasteiger charge is 2.30. The van der Waals surface area contributed by atoms with E-state index < -0.39 is 33.3 Å². The van der Waals surface area contributed by atoms with Crippen molar-refractivity contribution in [3.8, 4) is 23.3 Å². The fourth-order valence-electron chi connectivity index (χ4n) is 8.03. The number of amides is 4. The Kier molecular flexibility index (Phi) is 16.3. The maximum atomic E-state index is 13.9. The van der Waals surface area contributed by atoms with Crippen LogP contribution in [0.25, 0.3) is 0 Å². The highest BCUT2D eigenvalue weighted by atomic mass is 32.2. The third kappa shape index (κ3) is 14.7. The molecule has 0 bridgehead atoms. The van der Waals surface area contributed by atoms with E-state index in [-0.39, 0.29) is 69.5 Å². The molecule has 66 heavy (non-hydrogen) atoms. The Hall–Kier alpha value is -5.62. The SMILES string of the molecule is CS(=O)(=O)c1cccc(Oc2ncc(F)cc2C(=O)NC2CCC(NC(=O)CC3CC3)CC2)c1.CSc1cccc(Oc2ncc(F)cc2C(=O)NC2CCC(NC(=O)CC3CC3)CC2)c1. The second kappa shape index (κ2) is 22.2. The summed E-state index contributed by atoms with van der Waals surface area (Å²) in [4.78, 5) is 58.9. The zero-order valence-electron chi connectivity index (χ0n) is 37.0. The first-order valence-corrected chi connectivity index (χ1v) is 25.6. The average molecular weight is 947 g/mol. The lowest BCUT2D eigenvalue weighted by atomic mass is 9.91. The molecule has 4 aromatic rings. The molecule has 0 saturated heterocycles. The van der Waals surface area contributed by atoms with Crippen molar-refractivity contribution >= 4 is 45.2 Å². The number of ether oxygens (including phenoxy) is 2. The zero-order chi connectivity index (χ0) is 46.8. The van der Waals surface area contributed by atoms with E-state index in [9.17, 15) is 36.4 Å². The first-order chi connectivity index (χ1) is 31.7. The lowest BCUT2D eigenvalue weighted by Gasteiger charge is -2.29. The first kappa shape index (κ1) is 48.3. The Morgan fingerprint density at radius 3 is 1.42 bits per heavy atom. The van der Waals surface area contributed by atoms with Gasteiger partial charge in [0.2, 0.25) is 23.6 Å². The van der Waals surface area contributed by atoms with Crippen molar-refractivity contribution in [3.63, 3.8) is 0 Å². The highest BCUT2D eigenvalue weighted by molar-refractivity contribution is 7.98. The molecule has 4 N–H and O–H groups in total. The first-order valence-electron chi connectivity index (χ1n) is 22.5. The Morgan fingerprint density at radius 1 is 0.606 bits per heavy atom. The van der Waals surface area contributed by atoms with Gasteiger partial charge in [-0.1, -0.05) is 12.1 Å². The van der Waals surface area contributed by atoms with Crippen molar-refractivity contribution in [2.45, 2.75) is 124 Å². The molecule has 8 rings (SSSR count). The largest absolute Gasteiger partial charge is 0.438 e. The molecular formula is C48H56F2N6O8S2. The Bertz CT molecular complexity index is 2490. The molecular weight excluding hydrogens is 891 g/mol. The number of pyridine rings is 2. The Balaban J connectivity index is 0.000000197. The van der Waals surface area contributed by atoms with Crippen LogP contribution in [0.2, 0.25) is 0 Å². The molecule has 18 heteroatoms. The Morgan fingerprint density at radius 2 is 1.02 bits per heavy atom. The number of halogens is 2. The van der Waals surface area contributed by atoms with Crippen molar-refractivity contribution in [3.05, 3.63) is 95.8 Å². The summed E-state index contributed by atoms with van der Waals surface area (Å²) in [7, 11) is -3.45. The molecule has 4 aliphatic carbocycles. The van der Waals surface area contributed by atoms with Crippen molar-refractivity contribution in [2.24, 2.45) is 11.8 Å². The lowest BCUT2D eigenvalue weighted by Crippen LogP contribution is -2.44. The molecule has 0 radical (unpaired) electrons. The second-order valence-electron chi connectivity index (χ2n) is 17.6. The van der Waals surface area contributed by atoms with E-state index in [4.69, 9.17) is 9.47 Å². The summed E-state index contributed by atoms with van der Waals surface area (Å²) in [6, 6.07) is 15.5. The summed E-state index contributed by atoms with van der Waals surface area (Å²) in [5, 5.41) is 12.1. The zero-order valence-corrected chi connectivity index (χ0v) is 38.7. The topological polar surface area (TPSA) is 195 Å². The maximum absolute atomic E-state index is 13.9. The van der Waals surface area contributed by atoms with Crippen LogP contribution in [0.3, 0.4) is 0 Å². The minimum atomic E-state index is -3.45. The summed E-state index contributed by atoms with van der Waals surface area (Å²) >= 11 is 1.57. The van der Waals surface area contributed by atoms with Crippen LogP contribution in [-0.4, -0.2) is 78.7 Å². The number of rotatable bonds is 16. The average Bonchev–Trinajstić information content (AvgIpc) is 4.25. The fourth-order valence-corrected chi connectivity index (χ4v) is 9.13. The van der Waals surface area contributed by atoms with Crippen LogP contribution in [0.1, 0.15) is 111 Å². The number of hydrogen-bond acceptors (Lipinski definition) is 11. The number of hydrogen-bond donors (Lipinski definition) is 4. The summed E-state index contributed by atoms with van der Waals surface area (Å²) in [6.07, 6.45) is 16.9. The lowest BCUT2D eigenvalue weighted by molar-refractivity contribution is -0.123. The van der Waals surface area contributed by atoms with E-state index in [2.05, 4.69) is 31.2 Å². The van der Waals surface area contributed by atoms with Gasteiger partial charge in [0, 0.05) is 48.2 Å². The van der Waals surface area contributed by atoms with Crippen molar-refractivity contribution < 1.29 is 45.9 Å². The molecule has 2 heterocycles. The van der Waals surface area contributed by atoms with Crippen LogP contribution in [-0.2, 0) is 19.4 Å². The number of aromatic nitrogens is 2. The van der Waals surface area contributed by atoms with E-state index in [0.29, 0.717) is 43.3 Å².